The van der Waals surface area contributed by atoms with Crippen LogP contribution >= 0.6 is 0 Å². The van der Waals surface area contributed by atoms with Crippen molar-refractivity contribution in [2.45, 2.75) is 59.3 Å². The zero-order valence-electron chi connectivity index (χ0n) is 11.9. The summed E-state index contributed by atoms with van der Waals surface area (Å²) in [6.07, 6.45) is 0. The van der Waals surface area contributed by atoms with Crippen LogP contribution in [0.5, 0.6) is 0 Å². The molecule has 0 saturated heterocycles. The van der Waals surface area contributed by atoms with Gasteiger partial charge in [0.25, 0.3) is 0 Å². The van der Waals surface area contributed by atoms with Crippen LogP contribution in [0.3, 0.4) is 0 Å². The maximum absolute atomic E-state index is 2.32. The van der Waals surface area contributed by atoms with Crippen LogP contribution in [0.4, 0.5) is 0 Å². The Kier molecular flexibility index (Phi) is 4.71. The molecule has 0 aromatic heterocycles. The summed E-state index contributed by atoms with van der Waals surface area (Å²) in [6, 6.07) is 4.61. The molecule has 0 N–H and O–H groups in total. The minimum atomic E-state index is 0.620. The molecule has 0 radical (unpaired) electrons. The second kappa shape index (κ2) is 5.43. The standard InChI is InChI=1S/C15H23.Li/c1-10(2)13-8-7-9-14(11(3)4)15(13)12(5)6;/h7-8,10-12H,1-6H3;. The summed E-state index contributed by atoms with van der Waals surface area (Å²) in [4.78, 5) is 0. The third-order valence-electron chi connectivity index (χ3n) is 3.32. The molecule has 0 unspecified atom stereocenters. The maximum atomic E-state index is 2.32. The summed E-state index contributed by atoms with van der Waals surface area (Å²) in [5.74, 6) is 1.86. The number of benzene rings is 1. The first-order chi connectivity index (χ1) is 7.36. The van der Waals surface area contributed by atoms with Crippen molar-refractivity contribution < 1.29 is 0 Å². The quantitative estimate of drug-likeness (QED) is 0.665. The van der Waals surface area contributed by atoms with Crippen LogP contribution in [0.1, 0.15) is 76.0 Å². The topological polar surface area (TPSA) is 0 Å². The molecule has 0 spiro atoms. The molecular formula is C15H23Li. The molecule has 0 bridgehead atoms. The Balaban J connectivity index is 3.50. The van der Waals surface area contributed by atoms with E-state index in [0.29, 0.717) is 17.8 Å². The van der Waals surface area contributed by atoms with E-state index in [1.54, 1.807) is 11.1 Å². The van der Waals surface area contributed by atoms with Gasteiger partial charge in [0.05, 0.1) is 0 Å². The van der Waals surface area contributed by atoms with Gasteiger partial charge in [-0.25, -0.2) is 0 Å². The predicted octanol–water partition coefficient (Wildman–Crippen LogP) is 3.85. The van der Waals surface area contributed by atoms with E-state index in [1.807, 2.05) is 0 Å². The molecule has 0 fully saturated rings. The van der Waals surface area contributed by atoms with Gasteiger partial charge in [-0.3, -0.25) is 0 Å². The number of hydrogen-bond donors (Lipinski definition) is 0. The predicted molar refractivity (Wildman–Crippen MR) is 74.1 cm³/mol. The normalized spacial score (nSPS) is 11.9. The third kappa shape index (κ3) is 2.73. The molecule has 16 heavy (non-hydrogen) atoms. The first-order valence-electron chi connectivity index (χ1n) is 6.49. The monoisotopic (exact) mass is 210 g/mol. The molecule has 0 nitrogen and oxygen atoms in total. The van der Waals surface area contributed by atoms with Crippen molar-refractivity contribution >= 4 is 22.0 Å². The Morgan fingerprint density at radius 2 is 1.25 bits per heavy atom. The van der Waals surface area contributed by atoms with Gasteiger partial charge in [-0.15, -0.1) is 0 Å². The summed E-state index contributed by atoms with van der Waals surface area (Å²) in [7, 11) is 0. The van der Waals surface area contributed by atoms with Gasteiger partial charge in [0.15, 0.2) is 0 Å². The first kappa shape index (κ1) is 13.9. The Morgan fingerprint density at radius 3 is 1.62 bits per heavy atom. The Labute approximate surface area is 110 Å². The van der Waals surface area contributed by atoms with E-state index in [1.165, 1.54) is 9.80 Å². The van der Waals surface area contributed by atoms with Gasteiger partial charge < -0.3 is 0 Å². The van der Waals surface area contributed by atoms with Crippen LogP contribution in [0.15, 0.2) is 12.1 Å². The molecule has 0 aliphatic rings. The van der Waals surface area contributed by atoms with E-state index in [4.69, 9.17) is 0 Å². The molecule has 1 aromatic carbocycles. The number of rotatable bonds is 3. The molecular weight excluding hydrogens is 187 g/mol. The van der Waals surface area contributed by atoms with E-state index in [0.717, 1.165) is 0 Å². The summed E-state index contributed by atoms with van der Waals surface area (Å²) >= 11 is 2.24. The van der Waals surface area contributed by atoms with Crippen molar-refractivity contribution in [2.24, 2.45) is 0 Å². The van der Waals surface area contributed by atoms with Crippen LogP contribution in [0, 0.1) is 0 Å². The summed E-state index contributed by atoms with van der Waals surface area (Å²) in [6.45, 7) is 13.8. The van der Waals surface area contributed by atoms with Gasteiger partial charge in [-0.2, -0.15) is 0 Å². The first-order valence-corrected chi connectivity index (χ1v) is 6.49. The van der Waals surface area contributed by atoms with Gasteiger partial charge in [0.2, 0.25) is 0 Å². The van der Waals surface area contributed by atoms with Crippen molar-refractivity contribution in [3.63, 3.8) is 0 Å². The molecule has 1 aromatic rings. The van der Waals surface area contributed by atoms with Gasteiger partial charge in [-0.1, -0.05) is 0 Å². The SMILES string of the molecule is [Li][c]1ccc(C(C)C)c(C(C)C)c1C(C)C. The minimum absolute atomic E-state index is 0.620. The third-order valence-corrected chi connectivity index (χ3v) is 3.32. The molecule has 0 heterocycles. The Bertz CT molecular complexity index is 362. The van der Waals surface area contributed by atoms with Gasteiger partial charge in [0.1, 0.15) is 0 Å². The molecule has 0 aliphatic carbocycles. The van der Waals surface area contributed by atoms with Crippen LogP contribution in [0.2, 0.25) is 0 Å². The van der Waals surface area contributed by atoms with Crippen LogP contribution < -0.4 is 4.24 Å². The Hall–Kier alpha value is -0.183. The van der Waals surface area contributed by atoms with Crippen molar-refractivity contribution in [3.05, 3.63) is 28.8 Å². The van der Waals surface area contributed by atoms with Gasteiger partial charge >= 0.3 is 110 Å². The fourth-order valence-corrected chi connectivity index (χ4v) is 2.68. The summed E-state index contributed by atoms with van der Waals surface area (Å²) < 4.78 is 1.45. The zero-order chi connectivity index (χ0) is 12.5. The van der Waals surface area contributed by atoms with Crippen LogP contribution in [0.25, 0.3) is 0 Å². The average molecular weight is 210 g/mol. The molecule has 1 heteroatoms. The number of hydrogen-bond acceptors (Lipinski definition) is 0. The van der Waals surface area contributed by atoms with Crippen molar-refractivity contribution in [1.29, 1.82) is 0 Å². The van der Waals surface area contributed by atoms with E-state index >= 15 is 0 Å². The van der Waals surface area contributed by atoms with E-state index in [9.17, 15) is 0 Å². The van der Waals surface area contributed by atoms with E-state index < -0.39 is 0 Å². The van der Waals surface area contributed by atoms with Crippen molar-refractivity contribution in [1.82, 2.24) is 0 Å². The second-order valence-electron chi connectivity index (χ2n) is 5.76. The van der Waals surface area contributed by atoms with Gasteiger partial charge in [0, 0.05) is 0 Å². The second-order valence-corrected chi connectivity index (χ2v) is 5.76. The van der Waals surface area contributed by atoms with Crippen LogP contribution in [-0.2, 0) is 0 Å². The molecule has 84 valence electrons. The van der Waals surface area contributed by atoms with Gasteiger partial charge in [-0.05, 0) is 0 Å². The molecule has 1 rings (SSSR count). The molecule has 0 atom stereocenters. The van der Waals surface area contributed by atoms with Crippen molar-refractivity contribution in [2.75, 3.05) is 0 Å². The molecule has 0 aliphatic heterocycles. The molecule has 0 amide bonds. The summed E-state index contributed by atoms with van der Waals surface area (Å²) in [5, 5.41) is 0. The summed E-state index contributed by atoms with van der Waals surface area (Å²) in [5.41, 5.74) is 4.69. The zero-order valence-corrected chi connectivity index (χ0v) is 11.9. The Morgan fingerprint density at radius 1 is 0.750 bits per heavy atom. The fraction of sp³-hybridized carbons (Fsp3) is 0.600. The van der Waals surface area contributed by atoms with E-state index in [-0.39, 0.29) is 0 Å². The van der Waals surface area contributed by atoms with Crippen LogP contribution in [-0.4, -0.2) is 17.7 Å². The molecule has 0 saturated carbocycles. The van der Waals surface area contributed by atoms with Crippen molar-refractivity contribution in [3.8, 4) is 0 Å². The van der Waals surface area contributed by atoms with E-state index in [2.05, 4.69) is 71.4 Å². The fourth-order valence-electron chi connectivity index (χ4n) is 2.68. The average Bonchev–Trinajstić information content (AvgIpc) is 2.15.